The molecule has 88 valence electrons. The summed E-state index contributed by atoms with van der Waals surface area (Å²) >= 11 is 0. The van der Waals surface area contributed by atoms with Crippen LogP contribution in [0.25, 0.3) is 0 Å². The molecule has 0 unspecified atom stereocenters. The van der Waals surface area contributed by atoms with Crippen LogP contribution in [-0.4, -0.2) is 16.1 Å². The van der Waals surface area contributed by atoms with E-state index >= 15 is 0 Å². The van der Waals surface area contributed by atoms with E-state index in [1.165, 1.54) is 5.56 Å². The zero-order valence-electron chi connectivity index (χ0n) is 9.95. The minimum Gasteiger partial charge on any atom is -0.347 e. The number of amides is 1. The van der Waals surface area contributed by atoms with Crippen LogP contribution in [0, 0.1) is 13.8 Å². The molecule has 1 aromatic carbocycles. The van der Waals surface area contributed by atoms with Gasteiger partial charge in [0, 0.05) is 12.2 Å². The number of carbonyl (C=O) groups excluding carboxylic acids is 1. The second-order valence-electron chi connectivity index (χ2n) is 4.05. The smallest absolute Gasteiger partial charge is 0.272 e. The van der Waals surface area contributed by atoms with E-state index < -0.39 is 0 Å². The van der Waals surface area contributed by atoms with Crippen molar-refractivity contribution in [1.29, 1.82) is 0 Å². The quantitative estimate of drug-likeness (QED) is 0.845. The van der Waals surface area contributed by atoms with Gasteiger partial charge in [-0.3, -0.25) is 9.89 Å². The van der Waals surface area contributed by atoms with E-state index in [4.69, 9.17) is 0 Å². The van der Waals surface area contributed by atoms with Crippen molar-refractivity contribution >= 4 is 5.91 Å². The first kappa shape index (κ1) is 11.4. The highest BCUT2D eigenvalue weighted by Crippen LogP contribution is 2.06. The molecule has 4 nitrogen and oxygen atoms in total. The molecule has 17 heavy (non-hydrogen) atoms. The van der Waals surface area contributed by atoms with Gasteiger partial charge in [0.15, 0.2) is 0 Å². The molecular formula is C13H15N3O. The van der Waals surface area contributed by atoms with Gasteiger partial charge in [-0.25, -0.2) is 0 Å². The van der Waals surface area contributed by atoms with Crippen LogP contribution in [0.4, 0.5) is 0 Å². The molecular weight excluding hydrogens is 214 g/mol. The number of aryl methyl sites for hydroxylation is 2. The number of aromatic nitrogens is 2. The molecule has 1 heterocycles. The van der Waals surface area contributed by atoms with E-state index in [2.05, 4.69) is 15.5 Å². The van der Waals surface area contributed by atoms with Crippen molar-refractivity contribution in [1.82, 2.24) is 15.5 Å². The summed E-state index contributed by atoms with van der Waals surface area (Å²) in [5.74, 6) is -0.155. The molecule has 0 aliphatic carbocycles. The minimum absolute atomic E-state index is 0.155. The Kier molecular flexibility index (Phi) is 3.23. The van der Waals surface area contributed by atoms with Gasteiger partial charge in [-0.05, 0) is 31.0 Å². The summed E-state index contributed by atoms with van der Waals surface area (Å²) in [5.41, 5.74) is 3.60. The maximum absolute atomic E-state index is 11.7. The van der Waals surface area contributed by atoms with E-state index in [0.717, 1.165) is 11.3 Å². The van der Waals surface area contributed by atoms with Gasteiger partial charge in [0.2, 0.25) is 0 Å². The molecule has 2 rings (SSSR count). The summed E-state index contributed by atoms with van der Waals surface area (Å²) in [7, 11) is 0. The zero-order chi connectivity index (χ0) is 12.3. The lowest BCUT2D eigenvalue weighted by Crippen LogP contribution is -2.23. The first-order chi connectivity index (χ1) is 8.16. The lowest BCUT2D eigenvalue weighted by atomic mass is 10.1. The second-order valence-corrected chi connectivity index (χ2v) is 4.05. The van der Waals surface area contributed by atoms with Crippen molar-refractivity contribution in [2.45, 2.75) is 20.4 Å². The Morgan fingerprint density at radius 2 is 2.12 bits per heavy atom. The monoisotopic (exact) mass is 229 g/mol. The molecule has 0 aliphatic rings. The number of carbonyl (C=O) groups is 1. The van der Waals surface area contributed by atoms with Crippen LogP contribution in [0.2, 0.25) is 0 Å². The Morgan fingerprint density at radius 3 is 2.76 bits per heavy atom. The lowest BCUT2D eigenvalue weighted by Gasteiger charge is -2.06. The first-order valence-corrected chi connectivity index (χ1v) is 5.51. The van der Waals surface area contributed by atoms with E-state index in [1.807, 2.05) is 38.1 Å². The summed E-state index contributed by atoms with van der Waals surface area (Å²) in [6, 6.07) is 9.71. The number of rotatable bonds is 3. The number of nitrogens with zero attached hydrogens (tertiary/aromatic N) is 1. The van der Waals surface area contributed by atoms with E-state index in [1.54, 1.807) is 6.07 Å². The number of hydrogen-bond acceptors (Lipinski definition) is 2. The van der Waals surface area contributed by atoms with Crippen LogP contribution in [0.1, 0.15) is 27.3 Å². The summed E-state index contributed by atoms with van der Waals surface area (Å²) < 4.78 is 0. The average molecular weight is 229 g/mol. The van der Waals surface area contributed by atoms with Gasteiger partial charge in [0.1, 0.15) is 5.69 Å². The fraction of sp³-hybridized carbons (Fsp3) is 0.231. The van der Waals surface area contributed by atoms with Crippen molar-refractivity contribution < 1.29 is 4.79 Å². The average Bonchev–Trinajstić information content (AvgIpc) is 2.74. The number of H-pyrrole nitrogens is 1. The largest absolute Gasteiger partial charge is 0.347 e. The van der Waals surface area contributed by atoms with Crippen LogP contribution in [0.5, 0.6) is 0 Å². The lowest BCUT2D eigenvalue weighted by molar-refractivity contribution is 0.0946. The van der Waals surface area contributed by atoms with Crippen LogP contribution in [0.3, 0.4) is 0 Å². The molecule has 0 saturated carbocycles. The molecule has 0 spiro atoms. The van der Waals surface area contributed by atoms with Gasteiger partial charge in [-0.1, -0.05) is 24.3 Å². The van der Waals surface area contributed by atoms with Gasteiger partial charge in [-0.2, -0.15) is 5.10 Å². The molecule has 0 aliphatic heterocycles. The number of hydrogen-bond donors (Lipinski definition) is 2. The number of nitrogens with one attached hydrogen (secondary N) is 2. The predicted molar refractivity (Wildman–Crippen MR) is 65.7 cm³/mol. The third-order valence-electron chi connectivity index (χ3n) is 2.64. The molecule has 0 fully saturated rings. The normalized spacial score (nSPS) is 10.2. The molecule has 0 radical (unpaired) electrons. The van der Waals surface area contributed by atoms with Crippen molar-refractivity contribution in [3.63, 3.8) is 0 Å². The van der Waals surface area contributed by atoms with E-state index in [0.29, 0.717) is 12.2 Å². The first-order valence-electron chi connectivity index (χ1n) is 5.51. The van der Waals surface area contributed by atoms with Crippen LogP contribution in [-0.2, 0) is 6.54 Å². The fourth-order valence-corrected chi connectivity index (χ4v) is 1.61. The SMILES string of the molecule is Cc1cc(C(=O)NCc2ccccc2C)n[nH]1. The highest BCUT2D eigenvalue weighted by molar-refractivity contribution is 5.92. The van der Waals surface area contributed by atoms with E-state index in [-0.39, 0.29) is 5.91 Å². The van der Waals surface area contributed by atoms with Crippen LogP contribution >= 0.6 is 0 Å². The van der Waals surface area contributed by atoms with Gasteiger partial charge in [0.25, 0.3) is 5.91 Å². The standard InChI is InChI=1S/C13H15N3O/c1-9-5-3-4-6-11(9)8-14-13(17)12-7-10(2)15-16-12/h3-7H,8H2,1-2H3,(H,14,17)(H,15,16). The Bertz CT molecular complexity index is 531. The van der Waals surface area contributed by atoms with Crippen LogP contribution in [0.15, 0.2) is 30.3 Å². The minimum atomic E-state index is -0.155. The van der Waals surface area contributed by atoms with Crippen molar-refractivity contribution in [2.75, 3.05) is 0 Å². The molecule has 0 atom stereocenters. The Morgan fingerprint density at radius 1 is 1.35 bits per heavy atom. The second kappa shape index (κ2) is 4.82. The molecule has 0 saturated heterocycles. The molecule has 2 N–H and O–H groups in total. The molecule has 0 bridgehead atoms. The molecule has 1 aromatic heterocycles. The molecule has 1 amide bonds. The van der Waals surface area contributed by atoms with Gasteiger partial charge in [0.05, 0.1) is 0 Å². The highest BCUT2D eigenvalue weighted by atomic mass is 16.1. The highest BCUT2D eigenvalue weighted by Gasteiger charge is 2.08. The Balaban J connectivity index is 1.99. The van der Waals surface area contributed by atoms with Crippen molar-refractivity contribution in [2.24, 2.45) is 0 Å². The van der Waals surface area contributed by atoms with Crippen LogP contribution < -0.4 is 5.32 Å². The Hall–Kier alpha value is -2.10. The van der Waals surface area contributed by atoms with Gasteiger partial charge < -0.3 is 5.32 Å². The number of benzene rings is 1. The summed E-state index contributed by atoms with van der Waals surface area (Å²) in [4.78, 5) is 11.7. The van der Waals surface area contributed by atoms with Gasteiger partial charge >= 0.3 is 0 Å². The maximum atomic E-state index is 11.7. The van der Waals surface area contributed by atoms with Crippen molar-refractivity contribution in [3.05, 3.63) is 52.8 Å². The zero-order valence-corrected chi connectivity index (χ0v) is 9.95. The Labute approximate surface area is 100 Å². The summed E-state index contributed by atoms with van der Waals surface area (Å²) in [5, 5.41) is 9.51. The molecule has 2 aromatic rings. The van der Waals surface area contributed by atoms with Gasteiger partial charge in [-0.15, -0.1) is 0 Å². The maximum Gasteiger partial charge on any atom is 0.272 e. The fourth-order valence-electron chi connectivity index (χ4n) is 1.61. The third kappa shape index (κ3) is 2.72. The number of aromatic amines is 1. The van der Waals surface area contributed by atoms with E-state index in [9.17, 15) is 4.79 Å². The summed E-state index contributed by atoms with van der Waals surface area (Å²) in [6.45, 7) is 4.42. The molecule has 4 heteroatoms. The third-order valence-corrected chi connectivity index (χ3v) is 2.64. The topological polar surface area (TPSA) is 57.8 Å². The predicted octanol–water partition coefficient (Wildman–Crippen LogP) is 1.96. The van der Waals surface area contributed by atoms with Crippen molar-refractivity contribution in [3.8, 4) is 0 Å². The summed E-state index contributed by atoms with van der Waals surface area (Å²) in [6.07, 6.45) is 0.